The third-order valence-corrected chi connectivity index (χ3v) is 3.91. The van der Waals surface area contributed by atoms with Crippen molar-refractivity contribution in [3.05, 3.63) is 33.7 Å². The van der Waals surface area contributed by atoms with Gasteiger partial charge in [0.1, 0.15) is 5.56 Å². The van der Waals surface area contributed by atoms with Crippen LogP contribution in [-0.2, 0) is 9.59 Å². The number of carboxylic acid groups (broad SMARTS) is 2. The topological polar surface area (TPSA) is 140 Å². The molecule has 0 aromatic carbocycles. The summed E-state index contributed by atoms with van der Waals surface area (Å²) in [6, 6.07) is 1.93. The highest BCUT2D eigenvalue weighted by Gasteiger charge is 2.18. The highest BCUT2D eigenvalue weighted by atomic mass is 16.3. The zero-order valence-corrected chi connectivity index (χ0v) is 15.1. The third kappa shape index (κ3) is 8.97. The van der Waals surface area contributed by atoms with Gasteiger partial charge in [-0.3, -0.25) is 19.2 Å². The predicted molar refractivity (Wildman–Crippen MR) is 96.4 cm³/mol. The molecule has 1 aliphatic rings. The van der Waals surface area contributed by atoms with E-state index in [1.54, 1.807) is 6.92 Å². The number of aryl methyl sites for hydroxylation is 1. The average molecular weight is 369 g/mol. The van der Waals surface area contributed by atoms with Gasteiger partial charge in [-0.05, 0) is 46.2 Å². The monoisotopic (exact) mass is 369 g/mol. The van der Waals surface area contributed by atoms with E-state index < -0.39 is 0 Å². The van der Waals surface area contributed by atoms with Crippen LogP contribution in [0.25, 0.3) is 0 Å². The minimum Gasteiger partial charge on any atom is -0.483 e. The quantitative estimate of drug-likeness (QED) is 0.560. The van der Waals surface area contributed by atoms with E-state index in [2.05, 4.69) is 22.1 Å². The van der Waals surface area contributed by atoms with Gasteiger partial charge >= 0.3 is 0 Å². The normalized spacial score (nSPS) is 14.1. The van der Waals surface area contributed by atoms with E-state index in [4.69, 9.17) is 19.8 Å². The van der Waals surface area contributed by atoms with Crippen molar-refractivity contribution < 1.29 is 24.6 Å². The van der Waals surface area contributed by atoms with Crippen molar-refractivity contribution in [2.45, 2.75) is 39.2 Å². The number of aromatic nitrogens is 1. The van der Waals surface area contributed by atoms with Crippen LogP contribution in [0.5, 0.6) is 0 Å². The van der Waals surface area contributed by atoms with E-state index in [1.165, 1.54) is 25.1 Å². The summed E-state index contributed by atoms with van der Waals surface area (Å²) in [5.41, 5.74) is 0.713. The Bertz CT molecular complexity index is 605. The molecule has 0 saturated carbocycles. The Balaban J connectivity index is 0.000000918. The lowest BCUT2D eigenvalue weighted by Crippen LogP contribution is -2.35. The number of pyridine rings is 1. The van der Waals surface area contributed by atoms with Crippen LogP contribution < -0.4 is 10.7 Å². The first kappa shape index (κ1) is 23.3. The van der Waals surface area contributed by atoms with E-state index >= 15 is 0 Å². The molecule has 0 radical (unpaired) electrons. The molecule has 146 valence electrons. The Morgan fingerprint density at radius 1 is 1.31 bits per heavy atom. The number of likely N-dealkylation sites (tertiary alicyclic amines) is 1. The highest BCUT2D eigenvalue weighted by Crippen LogP contribution is 2.13. The van der Waals surface area contributed by atoms with Crippen LogP contribution in [0, 0.1) is 6.92 Å². The number of hydrogen-bond acceptors (Lipinski definition) is 5. The maximum absolute atomic E-state index is 11.9. The van der Waals surface area contributed by atoms with Gasteiger partial charge in [0.05, 0.1) is 0 Å². The predicted octanol–water partition coefficient (Wildman–Crippen LogP) is 0.689. The van der Waals surface area contributed by atoms with Crippen molar-refractivity contribution in [3.8, 4) is 0 Å². The molecular weight excluding hydrogens is 342 g/mol. The lowest BCUT2D eigenvalue weighted by Gasteiger charge is -2.23. The molecular formula is C17H27N3O6. The molecule has 1 saturated heterocycles. The second-order valence-electron chi connectivity index (χ2n) is 5.74. The number of carbonyl (C=O) groups is 3. The standard InChI is InChI=1S/C15H23N3O2.2CH2O2/c1-11-9-14(19)13(10-17-11)15(20)16-6-5-12(2)18-7-3-4-8-18;2*2-1-3/h9-10,12H,3-8H2,1-2H3,(H,16,20)(H,17,19);2*1H,(H,2,3). The minimum atomic E-state index is -0.292. The van der Waals surface area contributed by atoms with Crippen molar-refractivity contribution in [1.29, 1.82) is 0 Å². The first-order valence-electron chi connectivity index (χ1n) is 8.28. The molecule has 1 aromatic rings. The fraction of sp³-hybridized carbons (Fsp3) is 0.529. The fourth-order valence-electron chi connectivity index (χ4n) is 2.61. The minimum absolute atomic E-state index is 0.185. The van der Waals surface area contributed by atoms with E-state index in [1.807, 2.05) is 0 Å². The third-order valence-electron chi connectivity index (χ3n) is 3.91. The second-order valence-corrected chi connectivity index (χ2v) is 5.74. The van der Waals surface area contributed by atoms with Crippen molar-refractivity contribution in [1.82, 2.24) is 15.2 Å². The first-order chi connectivity index (χ1) is 12.4. The van der Waals surface area contributed by atoms with Gasteiger partial charge in [0, 0.05) is 30.5 Å². The summed E-state index contributed by atoms with van der Waals surface area (Å²) >= 11 is 0. The Morgan fingerprint density at radius 3 is 2.35 bits per heavy atom. The van der Waals surface area contributed by atoms with Gasteiger partial charge in [-0.25, -0.2) is 0 Å². The number of nitrogens with one attached hydrogen (secondary N) is 2. The number of amides is 1. The number of aromatic amines is 1. The van der Waals surface area contributed by atoms with Gasteiger partial charge in [-0.2, -0.15) is 0 Å². The summed E-state index contributed by atoms with van der Waals surface area (Å²) in [6.45, 7) is 6.40. The van der Waals surface area contributed by atoms with Crippen LogP contribution in [0.15, 0.2) is 17.1 Å². The van der Waals surface area contributed by atoms with Crippen LogP contribution in [0.4, 0.5) is 0 Å². The molecule has 9 heteroatoms. The number of rotatable bonds is 5. The van der Waals surface area contributed by atoms with Crippen molar-refractivity contribution in [2.75, 3.05) is 19.6 Å². The molecule has 1 aromatic heterocycles. The average Bonchev–Trinajstić information content (AvgIpc) is 3.10. The lowest BCUT2D eigenvalue weighted by atomic mass is 10.2. The molecule has 1 atom stereocenters. The summed E-state index contributed by atoms with van der Waals surface area (Å²) in [6.07, 6.45) is 4.94. The second kappa shape index (κ2) is 13.6. The summed E-state index contributed by atoms with van der Waals surface area (Å²) in [7, 11) is 0. The van der Waals surface area contributed by atoms with Gasteiger partial charge in [-0.1, -0.05) is 0 Å². The number of hydrogen-bond donors (Lipinski definition) is 4. The Morgan fingerprint density at radius 2 is 1.85 bits per heavy atom. The number of carbonyl (C=O) groups excluding carboxylic acids is 1. The molecule has 4 N–H and O–H groups in total. The summed E-state index contributed by atoms with van der Waals surface area (Å²) in [4.78, 5) is 45.7. The largest absolute Gasteiger partial charge is 0.483 e. The van der Waals surface area contributed by atoms with Crippen molar-refractivity contribution >= 4 is 18.9 Å². The van der Waals surface area contributed by atoms with E-state index in [-0.39, 0.29) is 29.8 Å². The molecule has 0 bridgehead atoms. The molecule has 1 amide bonds. The summed E-state index contributed by atoms with van der Waals surface area (Å²) in [5.74, 6) is -0.292. The van der Waals surface area contributed by atoms with Crippen LogP contribution in [0.1, 0.15) is 42.2 Å². The number of H-pyrrole nitrogens is 1. The molecule has 1 aliphatic heterocycles. The Labute approximate surface area is 152 Å². The Kier molecular flexibility index (Phi) is 12.2. The number of nitrogens with zero attached hydrogens (tertiary/aromatic N) is 1. The zero-order chi connectivity index (χ0) is 19.9. The van der Waals surface area contributed by atoms with Crippen molar-refractivity contribution in [3.63, 3.8) is 0 Å². The smallest absolute Gasteiger partial charge is 0.290 e. The molecule has 1 unspecified atom stereocenters. The van der Waals surface area contributed by atoms with Crippen LogP contribution >= 0.6 is 0 Å². The van der Waals surface area contributed by atoms with Crippen molar-refractivity contribution in [2.24, 2.45) is 0 Å². The Hall–Kier alpha value is -2.68. The van der Waals surface area contributed by atoms with Gasteiger partial charge in [0.25, 0.3) is 18.9 Å². The maximum atomic E-state index is 11.9. The molecule has 2 heterocycles. The van der Waals surface area contributed by atoms with Gasteiger partial charge in [0.15, 0.2) is 5.43 Å². The lowest BCUT2D eigenvalue weighted by molar-refractivity contribution is -0.123. The first-order valence-corrected chi connectivity index (χ1v) is 8.28. The van der Waals surface area contributed by atoms with Crippen LogP contribution in [0.2, 0.25) is 0 Å². The van der Waals surface area contributed by atoms with Gasteiger partial charge in [0.2, 0.25) is 0 Å². The maximum Gasteiger partial charge on any atom is 0.290 e. The van der Waals surface area contributed by atoms with Crippen LogP contribution in [-0.4, -0.2) is 64.6 Å². The fourth-order valence-corrected chi connectivity index (χ4v) is 2.61. The van der Waals surface area contributed by atoms with Gasteiger partial charge < -0.3 is 25.4 Å². The molecule has 0 aliphatic carbocycles. The zero-order valence-electron chi connectivity index (χ0n) is 15.1. The molecule has 2 rings (SSSR count). The van der Waals surface area contributed by atoms with E-state index in [0.717, 1.165) is 25.2 Å². The SMILES string of the molecule is Cc1cc(=O)c(C(=O)NCCC(C)N2CCCC2)c[nH]1.O=CO.O=CO. The summed E-state index contributed by atoms with van der Waals surface area (Å²) in [5, 5.41) is 16.6. The van der Waals surface area contributed by atoms with Crippen LogP contribution in [0.3, 0.4) is 0 Å². The summed E-state index contributed by atoms with van der Waals surface area (Å²) < 4.78 is 0. The van der Waals surface area contributed by atoms with E-state index in [9.17, 15) is 9.59 Å². The highest BCUT2D eigenvalue weighted by molar-refractivity contribution is 5.93. The van der Waals surface area contributed by atoms with E-state index in [0.29, 0.717) is 12.6 Å². The molecule has 26 heavy (non-hydrogen) atoms. The molecule has 0 spiro atoms. The van der Waals surface area contributed by atoms with Gasteiger partial charge in [-0.15, -0.1) is 0 Å². The molecule has 1 fully saturated rings. The molecule has 9 nitrogen and oxygen atoms in total.